The van der Waals surface area contributed by atoms with Crippen LogP contribution in [0.3, 0.4) is 0 Å². The number of aryl methyl sites for hydroxylation is 1. The van der Waals surface area contributed by atoms with Crippen LogP contribution in [-0.2, 0) is 16.0 Å². The van der Waals surface area contributed by atoms with Gasteiger partial charge in [-0.05, 0) is 13.3 Å². The highest BCUT2D eigenvalue weighted by Gasteiger charge is 2.20. The number of phenols is 1. The predicted molar refractivity (Wildman–Crippen MR) is 82.8 cm³/mol. The Labute approximate surface area is 131 Å². The molecular weight excluding hydrogens is 300 g/mol. The minimum absolute atomic E-state index is 0.128. The molecule has 1 N–H and O–H groups in total. The zero-order valence-corrected chi connectivity index (χ0v) is 12.8. The van der Waals surface area contributed by atoms with Crippen LogP contribution in [-0.4, -0.2) is 24.3 Å². The molecule has 1 aromatic carbocycles. The zero-order chi connectivity index (χ0) is 16.6. The highest BCUT2D eigenvalue weighted by atomic mass is 16.5. The number of aromatic hydroxyl groups is 1. The molecular formula is C17H16O6. The van der Waals surface area contributed by atoms with Gasteiger partial charge in [0, 0.05) is 30.2 Å². The van der Waals surface area contributed by atoms with Crippen molar-refractivity contribution in [2.24, 2.45) is 0 Å². The van der Waals surface area contributed by atoms with E-state index in [1.807, 2.05) is 6.08 Å². The Morgan fingerprint density at radius 1 is 1.39 bits per heavy atom. The summed E-state index contributed by atoms with van der Waals surface area (Å²) < 4.78 is 16.2. The number of carbonyl (C=O) groups excluding carboxylic acids is 1. The molecule has 1 aliphatic heterocycles. The Bertz CT molecular complexity index is 875. The lowest BCUT2D eigenvalue weighted by Crippen LogP contribution is -2.09. The van der Waals surface area contributed by atoms with Crippen LogP contribution >= 0.6 is 0 Å². The summed E-state index contributed by atoms with van der Waals surface area (Å²) in [4.78, 5) is 23.0. The largest absolute Gasteiger partial charge is 0.507 e. The van der Waals surface area contributed by atoms with Crippen LogP contribution in [0.1, 0.15) is 18.2 Å². The van der Waals surface area contributed by atoms with E-state index in [9.17, 15) is 14.7 Å². The highest BCUT2D eigenvalue weighted by molar-refractivity contribution is 5.87. The van der Waals surface area contributed by atoms with Crippen LogP contribution in [0.15, 0.2) is 33.0 Å². The molecule has 120 valence electrons. The average Bonchev–Trinajstić information content (AvgIpc) is 2.67. The van der Waals surface area contributed by atoms with E-state index >= 15 is 0 Å². The summed E-state index contributed by atoms with van der Waals surface area (Å²) in [6, 6.07) is 2.95. The molecule has 2 aromatic rings. The summed E-state index contributed by atoms with van der Waals surface area (Å²) in [7, 11) is 0. The quantitative estimate of drug-likeness (QED) is 0.675. The Morgan fingerprint density at radius 2 is 2.17 bits per heavy atom. The number of phenolic OH excluding ortho intramolecular Hbond substituents is 1. The third-order valence-electron chi connectivity index (χ3n) is 3.65. The molecule has 0 atom stereocenters. The Morgan fingerprint density at radius 3 is 2.91 bits per heavy atom. The molecule has 1 aromatic heterocycles. The minimum atomic E-state index is -0.369. The van der Waals surface area contributed by atoms with Gasteiger partial charge in [-0.2, -0.15) is 0 Å². The van der Waals surface area contributed by atoms with Crippen molar-refractivity contribution in [3.8, 4) is 11.5 Å². The molecule has 6 nitrogen and oxygen atoms in total. The van der Waals surface area contributed by atoms with Crippen molar-refractivity contribution < 1.29 is 23.8 Å². The van der Waals surface area contributed by atoms with E-state index in [2.05, 4.69) is 0 Å². The summed E-state index contributed by atoms with van der Waals surface area (Å²) in [6.45, 7) is 3.38. The van der Waals surface area contributed by atoms with Gasteiger partial charge in [0.1, 0.15) is 41.4 Å². The molecule has 0 fully saturated rings. The van der Waals surface area contributed by atoms with Gasteiger partial charge in [0.15, 0.2) is 5.43 Å². The number of carbonyl (C=O) groups is 1. The maximum atomic E-state index is 12.1. The van der Waals surface area contributed by atoms with Gasteiger partial charge >= 0.3 is 5.97 Å². The van der Waals surface area contributed by atoms with Gasteiger partial charge in [-0.25, -0.2) is 0 Å². The van der Waals surface area contributed by atoms with Gasteiger partial charge in [-0.3, -0.25) is 9.59 Å². The lowest BCUT2D eigenvalue weighted by molar-refractivity contribution is -0.140. The maximum absolute atomic E-state index is 12.1. The number of hydrogen-bond acceptors (Lipinski definition) is 6. The SMILES string of the molecule is CC(=O)OCC1=CCc2c(cc3oc(C)cc(=O)c3c2O)OC1. The number of rotatable bonds is 2. The monoisotopic (exact) mass is 316 g/mol. The predicted octanol–water partition coefficient (Wildman–Crippen LogP) is 2.23. The van der Waals surface area contributed by atoms with E-state index in [0.29, 0.717) is 23.5 Å². The van der Waals surface area contributed by atoms with Crippen LogP contribution in [0.5, 0.6) is 11.5 Å². The molecule has 6 heteroatoms. The van der Waals surface area contributed by atoms with Crippen molar-refractivity contribution in [2.75, 3.05) is 13.2 Å². The van der Waals surface area contributed by atoms with Crippen molar-refractivity contribution in [2.45, 2.75) is 20.3 Å². The number of benzene rings is 1. The number of fused-ring (bicyclic) bond motifs is 2. The zero-order valence-electron chi connectivity index (χ0n) is 12.8. The third kappa shape index (κ3) is 2.92. The second kappa shape index (κ2) is 5.79. The Kier molecular flexibility index (Phi) is 3.82. The molecule has 0 amide bonds. The maximum Gasteiger partial charge on any atom is 0.302 e. The average molecular weight is 316 g/mol. The Hall–Kier alpha value is -2.76. The topological polar surface area (TPSA) is 86.0 Å². The third-order valence-corrected chi connectivity index (χ3v) is 3.65. The lowest BCUT2D eigenvalue weighted by atomic mass is 10.0. The fourth-order valence-electron chi connectivity index (χ4n) is 2.54. The molecule has 1 aliphatic rings. The van der Waals surface area contributed by atoms with Gasteiger partial charge < -0.3 is 19.0 Å². The second-order valence-electron chi connectivity index (χ2n) is 5.43. The second-order valence-corrected chi connectivity index (χ2v) is 5.43. The van der Waals surface area contributed by atoms with E-state index in [1.165, 1.54) is 13.0 Å². The van der Waals surface area contributed by atoms with E-state index in [-0.39, 0.29) is 41.3 Å². The summed E-state index contributed by atoms with van der Waals surface area (Å²) in [5.74, 6) is 0.421. The summed E-state index contributed by atoms with van der Waals surface area (Å²) >= 11 is 0. The fourth-order valence-corrected chi connectivity index (χ4v) is 2.54. The minimum Gasteiger partial charge on any atom is -0.507 e. The summed E-state index contributed by atoms with van der Waals surface area (Å²) in [6.07, 6.45) is 2.21. The molecule has 0 aliphatic carbocycles. The first-order valence-corrected chi connectivity index (χ1v) is 7.19. The van der Waals surface area contributed by atoms with Gasteiger partial charge in [0.05, 0.1) is 0 Å². The number of allylic oxidation sites excluding steroid dienone is 1. The number of hydrogen-bond donors (Lipinski definition) is 1. The highest BCUT2D eigenvalue weighted by Crippen LogP contribution is 2.37. The molecule has 0 saturated carbocycles. The summed E-state index contributed by atoms with van der Waals surface area (Å²) in [5, 5.41) is 10.6. The number of esters is 1. The molecule has 2 heterocycles. The molecule has 0 saturated heterocycles. The van der Waals surface area contributed by atoms with Crippen molar-refractivity contribution in [3.05, 3.63) is 45.3 Å². The van der Waals surface area contributed by atoms with Crippen molar-refractivity contribution in [3.63, 3.8) is 0 Å². The van der Waals surface area contributed by atoms with E-state index in [1.54, 1.807) is 13.0 Å². The molecule has 0 radical (unpaired) electrons. The normalized spacial score (nSPS) is 13.7. The first-order valence-electron chi connectivity index (χ1n) is 7.19. The lowest BCUT2D eigenvalue weighted by Gasteiger charge is -2.11. The van der Waals surface area contributed by atoms with Crippen LogP contribution in [0.2, 0.25) is 0 Å². The van der Waals surface area contributed by atoms with Crippen LogP contribution in [0.4, 0.5) is 0 Å². The van der Waals surface area contributed by atoms with Crippen molar-refractivity contribution in [1.82, 2.24) is 0 Å². The van der Waals surface area contributed by atoms with Gasteiger partial charge in [0.2, 0.25) is 0 Å². The first kappa shape index (κ1) is 15.1. The van der Waals surface area contributed by atoms with Gasteiger partial charge in [-0.1, -0.05) is 6.08 Å². The molecule has 3 rings (SSSR count). The first-order chi connectivity index (χ1) is 11.0. The molecule has 0 unspecified atom stereocenters. The summed E-state index contributed by atoms with van der Waals surface area (Å²) in [5.41, 5.74) is 1.30. The van der Waals surface area contributed by atoms with Crippen LogP contribution < -0.4 is 10.2 Å². The van der Waals surface area contributed by atoms with Crippen molar-refractivity contribution in [1.29, 1.82) is 0 Å². The van der Waals surface area contributed by atoms with Crippen molar-refractivity contribution >= 4 is 16.9 Å². The molecule has 0 bridgehead atoms. The Balaban J connectivity index is 2.03. The number of ether oxygens (including phenoxy) is 2. The van der Waals surface area contributed by atoms with Crippen LogP contribution in [0, 0.1) is 6.92 Å². The van der Waals surface area contributed by atoms with Crippen LogP contribution in [0.25, 0.3) is 11.0 Å². The standard InChI is InChI=1S/C17H16O6/c1-9-5-13(19)16-15(23-9)6-14-12(17(16)20)4-3-11(8-22-14)7-21-10(2)18/h3,5-6,20H,4,7-8H2,1-2H3. The fraction of sp³-hybridized carbons (Fsp3) is 0.294. The molecule has 0 spiro atoms. The van der Waals surface area contributed by atoms with E-state index in [4.69, 9.17) is 13.9 Å². The van der Waals surface area contributed by atoms with E-state index in [0.717, 1.165) is 5.57 Å². The van der Waals surface area contributed by atoms with E-state index < -0.39 is 0 Å². The smallest absolute Gasteiger partial charge is 0.302 e. The van der Waals surface area contributed by atoms with Gasteiger partial charge in [0.25, 0.3) is 0 Å². The molecule has 23 heavy (non-hydrogen) atoms. The van der Waals surface area contributed by atoms with Gasteiger partial charge in [-0.15, -0.1) is 0 Å².